The van der Waals surface area contributed by atoms with Crippen molar-refractivity contribution >= 4 is 21.9 Å². The fourth-order valence-corrected chi connectivity index (χ4v) is 4.61. The van der Waals surface area contributed by atoms with Crippen molar-refractivity contribution in [1.82, 2.24) is 9.62 Å². The summed E-state index contributed by atoms with van der Waals surface area (Å²) in [6, 6.07) is 5.85. The first kappa shape index (κ1) is 19.8. The zero-order valence-corrected chi connectivity index (χ0v) is 16.2. The third-order valence-corrected chi connectivity index (χ3v) is 6.20. The number of esters is 1. The van der Waals surface area contributed by atoms with Gasteiger partial charge in [-0.3, -0.25) is 4.79 Å². The van der Waals surface area contributed by atoms with E-state index in [1.807, 2.05) is 13.8 Å². The van der Waals surface area contributed by atoms with Crippen molar-refractivity contribution in [3.63, 3.8) is 0 Å². The Bertz CT molecular complexity index is 811. The number of sulfonamides is 1. The Morgan fingerprint density at radius 1 is 1.22 bits per heavy atom. The Kier molecular flexibility index (Phi) is 5.83. The van der Waals surface area contributed by atoms with Gasteiger partial charge in [-0.25, -0.2) is 13.2 Å². The highest BCUT2D eigenvalue weighted by atomic mass is 32.2. The van der Waals surface area contributed by atoms with Crippen LogP contribution in [0.3, 0.4) is 0 Å². The molecule has 2 fully saturated rings. The van der Waals surface area contributed by atoms with E-state index >= 15 is 0 Å². The van der Waals surface area contributed by atoms with Crippen molar-refractivity contribution < 1.29 is 27.5 Å². The zero-order chi connectivity index (χ0) is 19.6. The number of nitrogens with one attached hydrogen (secondary N) is 1. The van der Waals surface area contributed by atoms with Gasteiger partial charge in [-0.1, -0.05) is 6.07 Å². The molecule has 0 spiro atoms. The highest BCUT2D eigenvalue weighted by Crippen LogP contribution is 2.22. The lowest BCUT2D eigenvalue weighted by atomic mass is 10.2. The van der Waals surface area contributed by atoms with Gasteiger partial charge < -0.3 is 14.8 Å². The van der Waals surface area contributed by atoms with E-state index in [1.165, 1.54) is 28.6 Å². The van der Waals surface area contributed by atoms with Crippen molar-refractivity contribution in [3.8, 4) is 0 Å². The summed E-state index contributed by atoms with van der Waals surface area (Å²) in [5.41, 5.74) is 0.0876. The standard InChI is InChI=1S/C18H24N2O6S/c1-12-9-20(10-13(2)26-12)27(23,24)16-5-3-4-14(8-16)18(22)25-11-17(21)19-15-6-7-15/h3-5,8,12-13,15H,6-7,9-11H2,1-2H3,(H,19,21)/t12-,13-/m0/s1. The van der Waals surface area contributed by atoms with Gasteiger partial charge in [-0.05, 0) is 44.9 Å². The van der Waals surface area contributed by atoms with E-state index in [2.05, 4.69) is 5.32 Å². The van der Waals surface area contributed by atoms with Crippen LogP contribution in [0, 0.1) is 0 Å². The second-order valence-electron chi connectivity index (χ2n) is 7.03. The molecule has 2 atom stereocenters. The predicted molar refractivity (Wildman–Crippen MR) is 96.7 cm³/mol. The SMILES string of the molecule is C[C@H]1CN(S(=O)(=O)c2cccc(C(=O)OCC(=O)NC3CC3)c2)C[C@H](C)O1. The molecular weight excluding hydrogens is 372 g/mol. The van der Waals surface area contributed by atoms with Crippen LogP contribution < -0.4 is 5.32 Å². The Morgan fingerprint density at radius 2 is 1.89 bits per heavy atom. The summed E-state index contributed by atoms with van der Waals surface area (Å²) >= 11 is 0. The Labute approximate surface area is 158 Å². The first-order valence-corrected chi connectivity index (χ1v) is 10.4. The molecule has 27 heavy (non-hydrogen) atoms. The van der Waals surface area contributed by atoms with Crippen LogP contribution in [0.25, 0.3) is 0 Å². The first-order valence-electron chi connectivity index (χ1n) is 8.98. The van der Waals surface area contributed by atoms with Crippen LogP contribution in [-0.2, 0) is 24.3 Å². The van der Waals surface area contributed by atoms with E-state index in [1.54, 1.807) is 0 Å². The number of nitrogens with zero attached hydrogens (tertiary/aromatic N) is 1. The number of amides is 1. The lowest BCUT2D eigenvalue weighted by molar-refractivity contribution is -0.124. The molecule has 1 aliphatic carbocycles. The maximum absolute atomic E-state index is 12.9. The van der Waals surface area contributed by atoms with E-state index in [-0.39, 0.29) is 54.3 Å². The minimum atomic E-state index is -3.76. The van der Waals surface area contributed by atoms with Crippen LogP contribution in [0.5, 0.6) is 0 Å². The summed E-state index contributed by atoms with van der Waals surface area (Å²) in [6.07, 6.45) is 1.47. The Morgan fingerprint density at radius 3 is 2.52 bits per heavy atom. The maximum atomic E-state index is 12.9. The highest BCUT2D eigenvalue weighted by molar-refractivity contribution is 7.89. The van der Waals surface area contributed by atoms with Crippen LogP contribution in [0.4, 0.5) is 0 Å². The van der Waals surface area contributed by atoms with Crippen LogP contribution in [0.15, 0.2) is 29.2 Å². The summed E-state index contributed by atoms with van der Waals surface area (Å²) in [7, 11) is -3.76. The number of hydrogen-bond donors (Lipinski definition) is 1. The lowest BCUT2D eigenvalue weighted by Gasteiger charge is -2.34. The van der Waals surface area contributed by atoms with Crippen LogP contribution in [0.2, 0.25) is 0 Å². The second kappa shape index (κ2) is 7.95. The van der Waals surface area contributed by atoms with E-state index in [0.29, 0.717) is 0 Å². The van der Waals surface area contributed by atoms with Gasteiger partial charge in [0.2, 0.25) is 10.0 Å². The quantitative estimate of drug-likeness (QED) is 0.718. The molecule has 148 valence electrons. The molecule has 0 radical (unpaired) electrons. The molecule has 9 heteroatoms. The largest absolute Gasteiger partial charge is 0.452 e. The molecular formula is C18H24N2O6S. The number of carbonyl (C=O) groups excluding carboxylic acids is 2. The number of ether oxygens (including phenoxy) is 2. The first-order chi connectivity index (χ1) is 12.8. The molecule has 1 aromatic rings. The van der Waals surface area contributed by atoms with Crippen molar-refractivity contribution in [2.75, 3.05) is 19.7 Å². The molecule has 0 aromatic heterocycles. The molecule has 2 aliphatic rings. The third kappa shape index (κ3) is 5.06. The van der Waals surface area contributed by atoms with Crippen LogP contribution >= 0.6 is 0 Å². The number of hydrogen-bond acceptors (Lipinski definition) is 6. The fraction of sp³-hybridized carbons (Fsp3) is 0.556. The monoisotopic (exact) mass is 396 g/mol. The van der Waals surface area contributed by atoms with E-state index < -0.39 is 16.0 Å². The molecule has 1 aromatic carbocycles. The van der Waals surface area contributed by atoms with Crippen LogP contribution in [-0.4, -0.2) is 62.5 Å². The van der Waals surface area contributed by atoms with Gasteiger partial charge in [-0.15, -0.1) is 0 Å². The second-order valence-corrected chi connectivity index (χ2v) is 8.96. The zero-order valence-electron chi connectivity index (χ0n) is 15.4. The van der Waals surface area contributed by atoms with Gasteiger partial charge in [0.25, 0.3) is 5.91 Å². The van der Waals surface area contributed by atoms with E-state index in [4.69, 9.17) is 9.47 Å². The summed E-state index contributed by atoms with van der Waals surface area (Å²) in [5, 5.41) is 2.72. The van der Waals surface area contributed by atoms with Crippen molar-refractivity contribution in [3.05, 3.63) is 29.8 Å². The Hall–Kier alpha value is -1.97. The van der Waals surface area contributed by atoms with Gasteiger partial charge in [0.1, 0.15) is 0 Å². The summed E-state index contributed by atoms with van der Waals surface area (Å²) in [6.45, 7) is 3.76. The smallest absolute Gasteiger partial charge is 0.338 e. The molecule has 1 aliphatic heterocycles. The predicted octanol–water partition coefficient (Wildman–Crippen LogP) is 0.920. The molecule has 1 saturated carbocycles. The molecule has 3 rings (SSSR count). The molecule has 0 unspecified atom stereocenters. The minimum absolute atomic E-state index is 0.0145. The summed E-state index contributed by atoms with van der Waals surface area (Å²) in [5.74, 6) is -1.09. The average molecular weight is 396 g/mol. The van der Waals surface area contributed by atoms with Crippen LogP contribution in [0.1, 0.15) is 37.0 Å². The fourth-order valence-electron chi connectivity index (χ4n) is 2.97. The number of morpholine rings is 1. The van der Waals surface area contributed by atoms with Gasteiger partial charge in [0.15, 0.2) is 6.61 Å². The molecule has 1 N–H and O–H groups in total. The molecule has 8 nitrogen and oxygen atoms in total. The molecule has 1 saturated heterocycles. The number of benzene rings is 1. The Balaban J connectivity index is 1.68. The highest BCUT2D eigenvalue weighted by Gasteiger charge is 2.32. The summed E-state index contributed by atoms with van der Waals surface area (Å²) < 4.78 is 37.7. The summed E-state index contributed by atoms with van der Waals surface area (Å²) in [4.78, 5) is 23.8. The van der Waals surface area contributed by atoms with Gasteiger partial charge >= 0.3 is 5.97 Å². The molecule has 1 amide bonds. The van der Waals surface area contributed by atoms with Crippen molar-refractivity contribution in [1.29, 1.82) is 0 Å². The average Bonchev–Trinajstić information content (AvgIpc) is 3.43. The normalized spacial score (nSPS) is 23.6. The number of carbonyl (C=O) groups is 2. The van der Waals surface area contributed by atoms with Gasteiger partial charge in [-0.2, -0.15) is 4.31 Å². The topological polar surface area (TPSA) is 102 Å². The molecule has 0 bridgehead atoms. The third-order valence-electron chi connectivity index (χ3n) is 4.37. The van der Waals surface area contributed by atoms with Crippen molar-refractivity contribution in [2.45, 2.75) is 49.8 Å². The number of rotatable bonds is 6. The van der Waals surface area contributed by atoms with Crippen molar-refractivity contribution in [2.24, 2.45) is 0 Å². The maximum Gasteiger partial charge on any atom is 0.338 e. The minimum Gasteiger partial charge on any atom is -0.452 e. The van der Waals surface area contributed by atoms with E-state index in [9.17, 15) is 18.0 Å². The van der Waals surface area contributed by atoms with Gasteiger partial charge in [0, 0.05) is 19.1 Å². The van der Waals surface area contributed by atoms with E-state index in [0.717, 1.165) is 12.8 Å². The van der Waals surface area contributed by atoms with Gasteiger partial charge in [0.05, 0.1) is 22.7 Å². The molecule has 1 heterocycles. The lowest BCUT2D eigenvalue weighted by Crippen LogP contribution is -2.48.